The molecule has 0 aliphatic carbocycles. The first-order valence-electron chi connectivity index (χ1n) is 2.35. The number of aromatic nitrogens is 2. The van der Waals surface area contributed by atoms with Gasteiger partial charge in [-0.3, -0.25) is 0 Å². The van der Waals surface area contributed by atoms with Crippen LogP contribution in [0.3, 0.4) is 0 Å². The van der Waals surface area contributed by atoms with Crippen molar-refractivity contribution in [1.29, 1.82) is 0 Å². The summed E-state index contributed by atoms with van der Waals surface area (Å²) in [6.45, 7) is 1.86. The van der Waals surface area contributed by atoms with Crippen molar-refractivity contribution >= 4 is 27.5 Å². The second-order valence-electron chi connectivity index (χ2n) is 1.60. The van der Waals surface area contributed by atoms with E-state index in [2.05, 4.69) is 25.9 Å². The molecule has 1 heterocycles. The topological polar surface area (TPSA) is 25.8 Å². The Bertz CT molecular complexity index is 176. The van der Waals surface area contributed by atoms with Crippen LogP contribution in [-0.2, 0) is 0 Å². The van der Waals surface area contributed by atoms with Crippen LogP contribution in [0.15, 0.2) is 10.8 Å². The molecule has 4 heteroatoms. The van der Waals surface area contributed by atoms with Gasteiger partial charge < -0.3 is 0 Å². The number of rotatable bonds is 0. The van der Waals surface area contributed by atoms with E-state index in [9.17, 15) is 0 Å². The van der Waals surface area contributed by atoms with Crippen molar-refractivity contribution < 1.29 is 0 Å². The van der Waals surface area contributed by atoms with Crippen molar-refractivity contribution in [3.8, 4) is 0 Å². The van der Waals surface area contributed by atoms with Gasteiger partial charge >= 0.3 is 0 Å². The van der Waals surface area contributed by atoms with Crippen LogP contribution in [0.25, 0.3) is 0 Å². The second kappa shape index (κ2) is 2.62. The number of hydrogen-bond acceptors (Lipinski definition) is 2. The molecule has 0 unspecified atom stereocenters. The van der Waals surface area contributed by atoms with Gasteiger partial charge in [-0.2, -0.15) is 0 Å². The molecule has 0 N–H and O–H groups in total. The van der Waals surface area contributed by atoms with Gasteiger partial charge in [0, 0.05) is 5.69 Å². The van der Waals surface area contributed by atoms with Gasteiger partial charge in [0.25, 0.3) is 0 Å². The summed E-state index contributed by atoms with van der Waals surface area (Å²) in [7, 11) is 0. The Morgan fingerprint density at radius 1 is 1.56 bits per heavy atom. The maximum Gasteiger partial charge on any atom is 0.198 e. The Morgan fingerprint density at radius 2 is 2.22 bits per heavy atom. The van der Waals surface area contributed by atoms with Gasteiger partial charge in [-0.1, -0.05) is 11.6 Å². The van der Waals surface area contributed by atoms with E-state index >= 15 is 0 Å². The summed E-state index contributed by atoms with van der Waals surface area (Å²) in [5, 5.41) is 0.467. The Morgan fingerprint density at radius 3 is 2.67 bits per heavy atom. The van der Waals surface area contributed by atoms with E-state index in [1.807, 2.05) is 6.92 Å². The van der Waals surface area contributed by atoms with Crippen LogP contribution in [0.5, 0.6) is 0 Å². The fourth-order valence-corrected chi connectivity index (χ4v) is 1.31. The van der Waals surface area contributed by atoms with Gasteiger partial charge in [-0.25, -0.2) is 9.97 Å². The van der Waals surface area contributed by atoms with Crippen molar-refractivity contribution in [3.05, 3.63) is 21.6 Å². The molecule has 2 nitrogen and oxygen atoms in total. The minimum absolute atomic E-state index is 0.467. The predicted octanol–water partition coefficient (Wildman–Crippen LogP) is 2.20. The molecule has 0 atom stereocenters. The minimum atomic E-state index is 0.467. The third kappa shape index (κ3) is 1.91. The fraction of sp³-hybridized carbons (Fsp3) is 0.200. The van der Waals surface area contributed by atoms with E-state index < -0.39 is 0 Å². The molecule has 48 valence electrons. The Kier molecular flexibility index (Phi) is 2.03. The van der Waals surface area contributed by atoms with Gasteiger partial charge in [0.15, 0.2) is 4.73 Å². The van der Waals surface area contributed by atoms with Gasteiger partial charge in [0.2, 0.25) is 0 Å². The Balaban J connectivity index is 3.17. The smallest absolute Gasteiger partial charge is 0.198 e. The lowest BCUT2D eigenvalue weighted by Gasteiger charge is -1.92. The minimum Gasteiger partial charge on any atom is -0.227 e. The third-order valence-electron chi connectivity index (χ3n) is 0.796. The monoisotopic (exact) mass is 206 g/mol. The molecule has 0 spiro atoms. The van der Waals surface area contributed by atoms with Crippen molar-refractivity contribution in [3.63, 3.8) is 0 Å². The van der Waals surface area contributed by atoms with Gasteiger partial charge in [-0.15, -0.1) is 0 Å². The van der Waals surface area contributed by atoms with Gasteiger partial charge in [-0.05, 0) is 28.9 Å². The van der Waals surface area contributed by atoms with Gasteiger partial charge in [0.05, 0.1) is 0 Å². The molecule has 0 saturated heterocycles. The summed E-state index contributed by atoms with van der Waals surface area (Å²) in [4.78, 5) is 7.76. The molecule has 1 aromatic heterocycles. The molecule has 0 saturated carbocycles. The molecule has 9 heavy (non-hydrogen) atoms. The second-order valence-corrected chi connectivity index (χ2v) is 2.70. The average molecular weight is 207 g/mol. The fourth-order valence-electron chi connectivity index (χ4n) is 0.496. The summed E-state index contributed by atoms with van der Waals surface area (Å²) in [6.07, 6.45) is 0. The number of aryl methyl sites for hydroxylation is 1. The zero-order valence-corrected chi connectivity index (χ0v) is 7.07. The van der Waals surface area contributed by atoms with E-state index in [-0.39, 0.29) is 0 Å². The Labute approximate surface area is 66.4 Å². The van der Waals surface area contributed by atoms with Crippen molar-refractivity contribution in [2.75, 3.05) is 0 Å². The quantitative estimate of drug-likeness (QED) is 0.481. The highest BCUT2D eigenvalue weighted by Gasteiger charge is 1.93. The van der Waals surface area contributed by atoms with Crippen LogP contribution < -0.4 is 0 Å². The molecule has 0 aliphatic rings. The first-order valence-corrected chi connectivity index (χ1v) is 3.52. The summed E-state index contributed by atoms with van der Waals surface area (Å²) < 4.78 is 0.535. The SMILES string of the molecule is Cc1cc(Cl)nc(Br)n1. The average Bonchev–Trinajstić information content (AvgIpc) is 1.59. The van der Waals surface area contributed by atoms with Gasteiger partial charge in [0.1, 0.15) is 5.15 Å². The van der Waals surface area contributed by atoms with E-state index in [0.717, 1.165) is 5.69 Å². The van der Waals surface area contributed by atoms with Crippen molar-refractivity contribution in [1.82, 2.24) is 9.97 Å². The van der Waals surface area contributed by atoms with Crippen LogP contribution in [0.2, 0.25) is 5.15 Å². The van der Waals surface area contributed by atoms with Crippen molar-refractivity contribution in [2.45, 2.75) is 6.92 Å². The summed E-state index contributed by atoms with van der Waals surface area (Å²) >= 11 is 8.68. The molecule has 0 amide bonds. The maximum absolute atomic E-state index is 5.57. The molecule has 1 rings (SSSR count). The van der Waals surface area contributed by atoms with Crippen LogP contribution in [0, 0.1) is 6.92 Å². The summed E-state index contributed by atoms with van der Waals surface area (Å²) in [6, 6.07) is 1.70. The number of hydrogen-bond donors (Lipinski definition) is 0. The van der Waals surface area contributed by atoms with E-state index in [4.69, 9.17) is 11.6 Å². The molecule has 0 aliphatic heterocycles. The normalized spacial score (nSPS) is 9.67. The first kappa shape index (κ1) is 6.96. The summed E-state index contributed by atoms with van der Waals surface area (Å²) in [5.41, 5.74) is 0.863. The highest BCUT2D eigenvalue weighted by molar-refractivity contribution is 9.10. The standard InChI is InChI=1S/C5H4BrClN2/c1-3-2-4(7)9-5(6)8-3/h2H,1H3. The van der Waals surface area contributed by atoms with Crippen LogP contribution >= 0.6 is 27.5 Å². The highest BCUT2D eigenvalue weighted by Crippen LogP contribution is 2.09. The largest absolute Gasteiger partial charge is 0.227 e. The lowest BCUT2D eigenvalue weighted by molar-refractivity contribution is 1.06. The van der Waals surface area contributed by atoms with Crippen LogP contribution in [0.1, 0.15) is 5.69 Å². The molecule has 0 bridgehead atoms. The third-order valence-corrected chi connectivity index (χ3v) is 1.34. The number of nitrogens with zero attached hydrogens (tertiary/aromatic N) is 2. The van der Waals surface area contributed by atoms with Crippen LogP contribution in [-0.4, -0.2) is 9.97 Å². The maximum atomic E-state index is 5.57. The zero-order valence-electron chi connectivity index (χ0n) is 4.73. The van der Waals surface area contributed by atoms with E-state index in [0.29, 0.717) is 9.89 Å². The Hall–Kier alpha value is -0.150. The van der Waals surface area contributed by atoms with E-state index in [1.54, 1.807) is 6.07 Å². The lowest BCUT2D eigenvalue weighted by Crippen LogP contribution is -1.85. The molecule has 0 radical (unpaired) electrons. The van der Waals surface area contributed by atoms with E-state index in [1.165, 1.54) is 0 Å². The predicted molar refractivity (Wildman–Crippen MR) is 39.5 cm³/mol. The molecule has 0 fully saturated rings. The summed E-state index contributed by atoms with van der Waals surface area (Å²) in [5.74, 6) is 0. The lowest BCUT2D eigenvalue weighted by atomic mass is 10.5. The van der Waals surface area contributed by atoms with Crippen LogP contribution in [0.4, 0.5) is 0 Å². The molecular formula is C5H4BrClN2. The first-order chi connectivity index (χ1) is 4.18. The zero-order chi connectivity index (χ0) is 6.85. The number of halogens is 2. The molecule has 0 aromatic carbocycles. The molecule has 1 aromatic rings. The highest BCUT2D eigenvalue weighted by atomic mass is 79.9. The molecular weight excluding hydrogens is 203 g/mol. The van der Waals surface area contributed by atoms with Crippen molar-refractivity contribution in [2.24, 2.45) is 0 Å².